The zero-order valence-corrected chi connectivity index (χ0v) is 10.9. The lowest BCUT2D eigenvalue weighted by atomic mass is 10.2. The van der Waals surface area contributed by atoms with E-state index >= 15 is 0 Å². The number of nitrogens with one attached hydrogen (secondary N) is 1. The average Bonchev–Trinajstić information content (AvgIpc) is 2.28. The summed E-state index contributed by atoms with van der Waals surface area (Å²) in [5, 5.41) is 2.64. The largest absolute Gasteiger partial charge is 0.463 e. The molecule has 98 valence electrons. The van der Waals surface area contributed by atoms with E-state index in [-0.39, 0.29) is 30.9 Å². The standard InChI is InChI=1S/C13H18N2O3/c1-9(2)18-12(16)6-7-14-13(17)11-5-4-10(3)15-8-11/h4-5,8-9H,6-7H2,1-3H3,(H,14,17). The Morgan fingerprint density at radius 3 is 2.67 bits per heavy atom. The molecule has 0 saturated carbocycles. The van der Waals surface area contributed by atoms with Crippen molar-refractivity contribution < 1.29 is 14.3 Å². The molecule has 0 radical (unpaired) electrons. The smallest absolute Gasteiger partial charge is 0.307 e. The monoisotopic (exact) mass is 250 g/mol. The van der Waals surface area contributed by atoms with Crippen LogP contribution in [0.3, 0.4) is 0 Å². The van der Waals surface area contributed by atoms with Gasteiger partial charge in [0, 0.05) is 18.4 Å². The van der Waals surface area contributed by atoms with Crippen LogP contribution in [-0.2, 0) is 9.53 Å². The summed E-state index contributed by atoms with van der Waals surface area (Å²) in [6.07, 6.45) is 1.55. The second-order valence-electron chi connectivity index (χ2n) is 4.23. The first-order valence-corrected chi connectivity index (χ1v) is 5.89. The van der Waals surface area contributed by atoms with E-state index in [1.165, 1.54) is 6.20 Å². The van der Waals surface area contributed by atoms with Crippen molar-refractivity contribution >= 4 is 11.9 Å². The minimum Gasteiger partial charge on any atom is -0.463 e. The number of carbonyl (C=O) groups is 2. The Kier molecular flexibility index (Phi) is 5.30. The summed E-state index contributed by atoms with van der Waals surface area (Å²) in [4.78, 5) is 26.9. The van der Waals surface area contributed by atoms with Crippen LogP contribution in [0.25, 0.3) is 0 Å². The Bertz CT molecular complexity index is 413. The number of aromatic nitrogens is 1. The Morgan fingerprint density at radius 1 is 1.39 bits per heavy atom. The molecule has 5 nitrogen and oxygen atoms in total. The van der Waals surface area contributed by atoms with Gasteiger partial charge in [-0.25, -0.2) is 0 Å². The highest BCUT2D eigenvalue weighted by Crippen LogP contribution is 1.99. The fraction of sp³-hybridized carbons (Fsp3) is 0.462. The molecule has 0 saturated heterocycles. The van der Waals surface area contributed by atoms with E-state index in [9.17, 15) is 9.59 Å². The summed E-state index contributed by atoms with van der Waals surface area (Å²) < 4.78 is 4.95. The first kappa shape index (κ1) is 14.2. The Balaban J connectivity index is 2.33. The van der Waals surface area contributed by atoms with Crippen molar-refractivity contribution in [2.45, 2.75) is 33.3 Å². The molecule has 0 bridgehead atoms. The molecule has 1 heterocycles. The fourth-order valence-electron chi connectivity index (χ4n) is 1.30. The molecule has 0 aromatic carbocycles. The summed E-state index contributed by atoms with van der Waals surface area (Å²) in [7, 11) is 0. The Hall–Kier alpha value is -1.91. The molecule has 1 amide bonds. The molecule has 0 fully saturated rings. The number of esters is 1. The molecule has 0 aliphatic heterocycles. The Labute approximate surface area is 107 Å². The van der Waals surface area contributed by atoms with Crippen LogP contribution in [0.15, 0.2) is 18.3 Å². The lowest BCUT2D eigenvalue weighted by Gasteiger charge is -2.08. The van der Waals surface area contributed by atoms with Crippen molar-refractivity contribution in [2.75, 3.05) is 6.54 Å². The zero-order valence-electron chi connectivity index (χ0n) is 10.9. The zero-order chi connectivity index (χ0) is 13.5. The van der Waals surface area contributed by atoms with Gasteiger partial charge in [-0.2, -0.15) is 0 Å². The van der Waals surface area contributed by atoms with Crippen LogP contribution in [0.1, 0.15) is 36.3 Å². The van der Waals surface area contributed by atoms with Crippen molar-refractivity contribution in [3.8, 4) is 0 Å². The van der Waals surface area contributed by atoms with E-state index in [1.54, 1.807) is 26.0 Å². The van der Waals surface area contributed by atoms with E-state index < -0.39 is 0 Å². The molecular formula is C13H18N2O3. The molecule has 5 heteroatoms. The summed E-state index contributed by atoms with van der Waals surface area (Å²) in [6, 6.07) is 3.46. The quantitative estimate of drug-likeness (QED) is 0.803. The summed E-state index contributed by atoms with van der Waals surface area (Å²) in [6.45, 7) is 5.69. The van der Waals surface area contributed by atoms with Gasteiger partial charge < -0.3 is 10.1 Å². The van der Waals surface area contributed by atoms with Gasteiger partial charge in [-0.15, -0.1) is 0 Å². The van der Waals surface area contributed by atoms with Gasteiger partial charge in [-0.3, -0.25) is 14.6 Å². The van der Waals surface area contributed by atoms with Crippen LogP contribution < -0.4 is 5.32 Å². The van der Waals surface area contributed by atoms with E-state index in [0.29, 0.717) is 5.56 Å². The van der Waals surface area contributed by atoms with E-state index in [4.69, 9.17) is 4.74 Å². The third-order valence-corrected chi connectivity index (χ3v) is 2.16. The molecule has 0 unspecified atom stereocenters. The predicted molar refractivity (Wildman–Crippen MR) is 67.2 cm³/mol. The average molecular weight is 250 g/mol. The van der Waals surface area contributed by atoms with Crippen LogP contribution in [0, 0.1) is 6.92 Å². The van der Waals surface area contributed by atoms with Crippen LogP contribution in [0.4, 0.5) is 0 Å². The van der Waals surface area contributed by atoms with Crippen molar-refractivity contribution in [2.24, 2.45) is 0 Å². The molecular weight excluding hydrogens is 232 g/mol. The molecule has 1 rings (SSSR count). The van der Waals surface area contributed by atoms with E-state index in [1.807, 2.05) is 6.92 Å². The van der Waals surface area contributed by atoms with Crippen LogP contribution in [-0.4, -0.2) is 29.5 Å². The summed E-state index contributed by atoms with van der Waals surface area (Å²) in [5.74, 6) is -0.549. The maximum atomic E-state index is 11.7. The number of hydrogen-bond donors (Lipinski definition) is 1. The number of rotatable bonds is 5. The van der Waals surface area contributed by atoms with Gasteiger partial charge in [-0.05, 0) is 32.9 Å². The number of amides is 1. The second kappa shape index (κ2) is 6.74. The SMILES string of the molecule is Cc1ccc(C(=O)NCCC(=O)OC(C)C)cn1. The first-order chi connectivity index (χ1) is 8.49. The number of carbonyl (C=O) groups excluding carboxylic acids is 2. The first-order valence-electron chi connectivity index (χ1n) is 5.89. The molecule has 1 aromatic heterocycles. The highest BCUT2D eigenvalue weighted by molar-refractivity contribution is 5.94. The van der Waals surface area contributed by atoms with Gasteiger partial charge in [0.1, 0.15) is 0 Å². The van der Waals surface area contributed by atoms with Crippen LogP contribution in [0.5, 0.6) is 0 Å². The van der Waals surface area contributed by atoms with Gasteiger partial charge >= 0.3 is 5.97 Å². The Morgan fingerprint density at radius 2 is 2.11 bits per heavy atom. The summed E-state index contributed by atoms with van der Waals surface area (Å²) >= 11 is 0. The van der Waals surface area contributed by atoms with Gasteiger partial charge in [-0.1, -0.05) is 0 Å². The molecule has 1 N–H and O–H groups in total. The summed E-state index contributed by atoms with van der Waals surface area (Å²) in [5.41, 5.74) is 1.34. The fourth-order valence-corrected chi connectivity index (χ4v) is 1.30. The number of aryl methyl sites for hydroxylation is 1. The van der Waals surface area contributed by atoms with Gasteiger partial charge in [0.25, 0.3) is 5.91 Å². The third-order valence-electron chi connectivity index (χ3n) is 2.16. The highest BCUT2D eigenvalue weighted by Gasteiger charge is 2.08. The molecule has 0 spiro atoms. The van der Waals surface area contributed by atoms with E-state index in [2.05, 4.69) is 10.3 Å². The highest BCUT2D eigenvalue weighted by atomic mass is 16.5. The maximum absolute atomic E-state index is 11.7. The molecule has 0 aliphatic rings. The topological polar surface area (TPSA) is 68.3 Å². The van der Waals surface area contributed by atoms with Crippen molar-refractivity contribution in [3.05, 3.63) is 29.6 Å². The number of pyridine rings is 1. The van der Waals surface area contributed by atoms with Crippen molar-refractivity contribution in [3.63, 3.8) is 0 Å². The van der Waals surface area contributed by atoms with Gasteiger partial charge in [0.2, 0.25) is 0 Å². The minimum absolute atomic E-state index is 0.130. The van der Waals surface area contributed by atoms with Crippen molar-refractivity contribution in [1.82, 2.24) is 10.3 Å². The predicted octanol–water partition coefficient (Wildman–Crippen LogP) is 1.46. The van der Waals surface area contributed by atoms with Crippen LogP contribution >= 0.6 is 0 Å². The number of hydrogen-bond acceptors (Lipinski definition) is 4. The molecule has 1 aromatic rings. The normalized spacial score (nSPS) is 10.2. The molecule has 18 heavy (non-hydrogen) atoms. The van der Waals surface area contributed by atoms with Gasteiger partial charge in [0.05, 0.1) is 18.1 Å². The third kappa shape index (κ3) is 4.95. The lowest BCUT2D eigenvalue weighted by Crippen LogP contribution is -2.27. The minimum atomic E-state index is -0.313. The molecule has 0 atom stereocenters. The molecule has 0 aliphatic carbocycles. The maximum Gasteiger partial charge on any atom is 0.307 e. The number of ether oxygens (including phenoxy) is 1. The van der Waals surface area contributed by atoms with Gasteiger partial charge in [0.15, 0.2) is 0 Å². The number of nitrogens with zero attached hydrogens (tertiary/aromatic N) is 1. The van der Waals surface area contributed by atoms with E-state index in [0.717, 1.165) is 5.69 Å². The second-order valence-corrected chi connectivity index (χ2v) is 4.23. The lowest BCUT2D eigenvalue weighted by molar-refractivity contribution is -0.147. The van der Waals surface area contributed by atoms with Crippen LogP contribution in [0.2, 0.25) is 0 Å². The van der Waals surface area contributed by atoms with Crippen molar-refractivity contribution in [1.29, 1.82) is 0 Å².